The lowest BCUT2D eigenvalue weighted by molar-refractivity contribution is -0.128. The lowest BCUT2D eigenvalue weighted by Gasteiger charge is -2.41. The Labute approximate surface area is 92.3 Å². The van der Waals surface area contributed by atoms with E-state index < -0.39 is 0 Å². The van der Waals surface area contributed by atoms with Crippen molar-refractivity contribution in [2.75, 3.05) is 0 Å². The van der Waals surface area contributed by atoms with E-state index >= 15 is 0 Å². The molecule has 0 amide bonds. The molecule has 0 aromatic heterocycles. The van der Waals surface area contributed by atoms with Gasteiger partial charge in [0.15, 0.2) is 5.78 Å². The quantitative estimate of drug-likeness (QED) is 0.553. The predicted molar refractivity (Wildman–Crippen MR) is 62.4 cm³/mol. The Hall–Kier alpha value is -0.850. The minimum atomic E-state index is -0.267. The van der Waals surface area contributed by atoms with Gasteiger partial charge >= 0.3 is 0 Å². The number of allylic oxidation sites excluding steroid dienone is 4. The van der Waals surface area contributed by atoms with Crippen LogP contribution in [0, 0.1) is 23.2 Å². The van der Waals surface area contributed by atoms with Gasteiger partial charge in [-0.2, -0.15) is 0 Å². The van der Waals surface area contributed by atoms with Crippen molar-refractivity contribution in [2.45, 2.75) is 34.1 Å². The van der Waals surface area contributed by atoms with Gasteiger partial charge < -0.3 is 0 Å². The monoisotopic (exact) mass is 204 g/mol. The maximum Gasteiger partial charge on any atom is 0.153 e. The molecule has 0 saturated carbocycles. The van der Waals surface area contributed by atoms with Crippen molar-refractivity contribution in [1.29, 1.82) is 0 Å². The molecule has 0 heterocycles. The van der Waals surface area contributed by atoms with Crippen LogP contribution in [0.25, 0.3) is 0 Å². The Morgan fingerprint density at radius 3 is 2.53 bits per heavy atom. The molecule has 0 saturated heterocycles. The molecule has 2 aliphatic rings. The Balaban J connectivity index is 2.50. The molecule has 2 rings (SSSR count). The van der Waals surface area contributed by atoms with Gasteiger partial charge in [0.25, 0.3) is 0 Å². The maximum atomic E-state index is 12.3. The summed E-state index contributed by atoms with van der Waals surface area (Å²) < 4.78 is 0. The first-order valence-corrected chi connectivity index (χ1v) is 5.91. The molecule has 0 fully saturated rings. The highest BCUT2D eigenvalue weighted by molar-refractivity contribution is 5.96. The van der Waals surface area contributed by atoms with E-state index in [1.807, 2.05) is 6.92 Å². The van der Waals surface area contributed by atoms with Crippen LogP contribution >= 0.6 is 0 Å². The van der Waals surface area contributed by atoms with Gasteiger partial charge in [-0.1, -0.05) is 44.6 Å². The molecule has 4 atom stereocenters. The first-order valence-electron chi connectivity index (χ1n) is 5.91. The summed E-state index contributed by atoms with van der Waals surface area (Å²) in [4.78, 5) is 12.3. The van der Waals surface area contributed by atoms with Crippen LogP contribution in [0.5, 0.6) is 0 Å². The van der Waals surface area contributed by atoms with Crippen LogP contribution in [0.4, 0.5) is 0 Å². The third-order valence-corrected chi connectivity index (χ3v) is 4.49. The summed E-state index contributed by atoms with van der Waals surface area (Å²) in [6.07, 6.45) is 7.61. The molecule has 4 unspecified atom stereocenters. The van der Waals surface area contributed by atoms with Crippen LogP contribution in [-0.2, 0) is 4.79 Å². The van der Waals surface area contributed by atoms with E-state index in [4.69, 9.17) is 0 Å². The lowest BCUT2D eigenvalue weighted by Crippen LogP contribution is -2.41. The summed E-state index contributed by atoms with van der Waals surface area (Å²) in [7, 11) is 0. The summed E-state index contributed by atoms with van der Waals surface area (Å²) in [6.45, 7) is 8.59. The van der Waals surface area contributed by atoms with Gasteiger partial charge in [0.1, 0.15) is 0 Å². The molecular weight excluding hydrogens is 184 g/mol. The van der Waals surface area contributed by atoms with Crippen molar-refractivity contribution in [3.05, 3.63) is 23.8 Å². The fourth-order valence-corrected chi connectivity index (χ4v) is 3.09. The first-order chi connectivity index (χ1) is 7.00. The molecule has 0 aliphatic heterocycles. The van der Waals surface area contributed by atoms with E-state index in [-0.39, 0.29) is 11.3 Å². The third-order valence-electron chi connectivity index (χ3n) is 4.49. The van der Waals surface area contributed by atoms with Gasteiger partial charge in [-0.05, 0) is 25.2 Å². The lowest BCUT2D eigenvalue weighted by atomic mass is 9.61. The van der Waals surface area contributed by atoms with Crippen molar-refractivity contribution < 1.29 is 4.79 Å². The van der Waals surface area contributed by atoms with E-state index in [1.54, 1.807) is 0 Å². The van der Waals surface area contributed by atoms with Gasteiger partial charge in [-0.3, -0.25) is 4.79 Å². The number of Topliss-reactive ketones (excluding diaryl/α,β-unsaturated/α-hetero) is 1. The highest BCUT2D eigenvalue weighted by atomic mass is 16.1. The fraction of sp³-hybridized carbons (Fsp3) is 0.643. The van der Waals surface area contributed by atoms with Crippen LogP contribution in [0.3, 0.4) is 0 Å². The fourth-order valence-electron chi connectivity index (χ4n) is 3.09. The minimum Gasteiger partial charge on any atom is -0.298 e. The zero-order valence-electron chi connectivity index (χ0n) is 10.1. The maximum absolute atomic E-state index is 12.3. The van der Waals surface area contributed by atoms with Gasteiger partial charge in [0, 0.05) is 5.92 Å². The number of ketones is 1. The Morgan fingerprint density at radius 2 is 2.00 bits per heavy atom. The molecule has 2 aliphatic carbocycles. The van der Waals surface area contributed by atoms with Crippen molar-refractivity contribution in [3.63, 3.8) is 0 Å². The average Bonchev–Trinajstić information content (AvgIpc) is 2.51. The average molecular weight is 204 g/mol. The smallest absolute Gasteiger partial charge is 0.153 e. The zero-order chi connectivity index (χ0) is 11.2. The summed E-state index contributed by atoms with van der Waals surface area (Å²) in [5, 5.41) is 0. The molecule has 0 bridgehead atoms. The van der Waals surface area contributed by atoms with Gasteiger partial charge in [-0.25, -0.2) is 0 Å². The summed E-state index contributed by atoms with van der Waals surface area (Å²) in [6, 6.07) is 0. The van der Waals surface area contributed by atoms with Crippen LogP contribution in [0.2, 0.25) is 0 Å². The first kappa shape index (κ1) is 10.7. The number of carbonyl (C=O) groups is 1. The highest BCUT2D eigenvalue weighted by Gasteiger charge is 2.49. The van der Waals surface area contributed by atoms with Gasteiger partial charge in [-0.15, -0.1) is 0 Å². The van der Waals surface area contributed by atoms with Crippen LogP contribution < -0.4 is 0 Å². The molecule has 82 valence electrons. The number of rotatable bonds is 0. The summed E-state index contributed by atoms with van der Waals surface area (Å²) >= 11 is 0. The summed E-state index contributed by atoms with van der Waals surface area (Å²) in [5.74, 6) is 1.54. The molecule has 1 spiro atoms. The molecule has 0 aromatic rings. The second-order valence-electron chi connectivity index (χ2n) is 5.27. The van der Waals surface area contributed by atoms with Crippen LogP contribution in [0.1, 0.15) is 34.1 Å². The number of hydrogen-bond donors (Lipinski definition) is 0. The SMILES string of the molecule is CC1=CCC(C)C(C)C12C=CC(C)C2=O. The van der Waals surface area contributed by atoms with E-state index in [0.29, 0.717) is 17.6 Å². The molecule has 0 N–H and O–H groups in total. The Kier molecular flexibility index (Phi) is 2.37. The van der Waals surface area contributed by atoms with E-state index in [0.717, 1.165) is 6.42 Å². The van der Waals surface area contributed by atoms with Gasteiger partial charge in [0.05, 0.1) is 5.41 Å². The zero-order valence-corrected chi connectivity index (χ0v) is 10.1. The molecule has 1 heteroatoms. The van der Waals surface area contributed by atoms with E-state index in [1.165, 1.54) is 5.57 Å². The topological polar surface area (TPSA) is 17.1 Å². The van der Waals surface area contributed by atoms with E-state index in [9.17, 15) is 4.79 Å². The molecule has 0 aromatic carbocycles. The van der Waals surface area contributed by atoms with Crippen LogP contribution in [-0.4, -0.2) is 5.78 Å². The number of hydrogen-bond acceptors (Lipinski definition) is 1. The van der Waals surface area contributed by atoms with Crippen molar-refractivity contribution in [2.24, 2.45) is 23.2 Å². The molecule has 1 nitrogen and oxygen atoms in total. The molecule has 15 heavy (non-hydrogen) atoms. The van der Waals surface area contributed by atoms with Crippen molar-refractivity contribution in [3.8, 4) is 0 Å². The van der Waals surface area contributed by atoms with Gasteiger partial charge in [0.2, 0.25) is 0 Å². The Morgan fingerprint density at radius 1 is 1.33 bits per heavy atom. The normalized spacial score (nSPS) is 44.9. The number of carbonyl (C=O) groups excluding carboxylic acids is 1. The Bertz CT molecular complexity index is 350. The second kappa shape index (κ2) is 3.33. The van der Waals surface area contributed by atoms with Crippen molar-refractivity contribution in [1.82, 2.24) is 0 Å². The largest absolute Gasteiger partial charge is 0.298 e. The summed E-state index contributed by atoms with van der Waals surface area (Å²) in [5.41, 5.74) is 0.996. The van der Waals surface area contributed by atoms with Crippen molar-refractivity contribution >= 4 is 5.78 Å². The van der Waals surface area contributed by atoms with Crippen LogP contribution in [0.15, 0.2) is 23.8 Å². The molecule has 0 radical (unpaired) electrons. The molecular formula is C14H20O. The highest BCUT2D eigenvalue weighted by Crippen LogP contribution is 2.50. The van der Waals surface area contributed by atoms with E-state index in [2.05, 4.69) is 39.0 Å². The minimum absolute atomic E-state index is 0.0982. The predicted octanol–water partition coefficient (Wildman–Crippen LogP) is 3.37. The second-order valence-corrected chi connectivity index (χ2v) is 5.27. The standard InChI is InChI=1S/C14H20O/c1-9-5-6-11(3)14(12(9)4)8-7-10(2)13(14)15/h6-10,12H,5H2,1-4H3. The third kappa shape index (κ3) is 1.25.